The zero-order valence-corrected chi connectivity index (χ0v) is 19.0. The summed E-state index contributed by atoms with van der Waals surface area (Å²) in [7, 11) is 0. The van der Waals surface area contributed by atoms with Crippen LogP contribution < -0.4 is 11.1 Å². The summed E-state index contributed by atoms with van der Waals surface area (Å²) in [6, 6.07) is 19.8. The molecule has 0 unspecified atom stereocenters. The molecule has 3 aromatic carbocycles. The molecule has 0 saturated heterocycles. The van der Waals surface area contributed by atoms with Gasteiger partial charge in [-0.2, -0.15) is 0 Å². The number of hydrogen-bond donors (Lipinski definition) is 0. The van der Waals surface area contributed by atoms with Gasteiger partial charge in [0.05, 0.1) is 26.8 Å². The zero-order chi connectivity index (χ0) is 24.8. The minimum Gasteiger partial charge on any atom is -0.463 e. The van der Waals surface area contributed by atoms with Crippen LogP contribution in [0.1, 0.15) is 0 Å². The molecule has 0 aliphatic rings. The van der Waals surface area contributed by atoms with Gasteiger partial charge in [-0.1, -0.05) is 41.7 Å². The Kier molecular flexibility index (Phi) is 5.01. The van der Waals surface area contributed by atoms with Crippen molar-refractivity contribution in [3.63, 3.8) is 0 Å². The Bertz CT molecular complexity index is 1910. The highest BCUT2D eigenvalue weighted by molar-refractivity contribution is 7.17. The van der Waals surface area contributed by atoms with Crippen LogP contribution in [0.2, 0.25) is 0 Å². The molecular weight excluding hydrogens is 482 g/mol. The molecular formula is C26H13N3O6S. The van der Waals surface area contributed by atoms with E-state index in [0.29, 0.717) is 21.0 Å². The normalized spacial score (nSPS) is 11.2. The monoisotopic (exact) mass is 495 g/mol. The van der Waals surface area contributed by atoms with E-state index in [-0.39, 0.29) is 38.8 Å². The second-order valence-corrected chi connectivity index (χ2v) is 8.84. The quantitative estimate of drug-likeness (QED) is 0.133. The van der Waals surface area contributed by atoms with Gasteiger partial charge in [-0.3, -0.25) is 14.9 Å². The highest BCUT2D eigenvalue weighted by Crippen LogP contribution is 2.32. The number of nitro groups is 1. The molecule has 3 aromatic heterocycles. The van der Waals surface area contributed by atoms with E-state index in [9.17, 15) is 19.7 Å². The number of hydrogen-bond acceptors (Lipinski definition) is 9. The van der Waals surface area contributed by atoms with Crippen molar-refractivity contribution in [3.8, 4) is 32.3 Å². The molecule has 0 aliphatic heterocycles. The first-order valence-electron chi connectivity index (χ1n) is 10.7. The smallest absolute Gasteiger partial charge is 0.346 e. The van der Waals surface area contributed by atoms with Crippen LogP contribution in [0.5, 0.6) is 0 Å². The molecule has 0 aliphatic carbocycles. The van der Waals surface area contributed by atoms with Gasteiger partial charge in [0.25, 0.3) is 5.69 Å². The molecule has 0 spiro atoms. The molecule has 0 amide bonds. The maximum absolute atomic E-state index is 13.3. The first-order chi connectivity index (χ1) is 17.5. The topological polar surface area (TPSA) is 129 Å². The molecule has 174 valence electrons. The Hall–Kier alpha value is -4.96. The molecule has 0 N–H and O–H groups in total. The number of nitro benzene ring substituents is 1. The Balaban J connectivity index is 1.49. The van der Waals surface area contributed by atoms with Crippen molar-refractivity contribution in [1.82, 2.24) is 10.2 Å². The number of nitrogens with zero attached hydrogens (tertiary/aromatic N) is 3. The van der Waals surface area contributed by atoms with Crippen molar-refractivity contribution in [1.29, 1.82) is 0 Å². The fourth-order valence-corrected chi connectivity index (χ4v) is 4.78. The molecule has 0 bridgehead atoms. The van der Waals surface area contributed by atoms with Crippen molar-refractivity contribution in [3.05, 3.63) is 110 Å². The van der Waals surface area contributed by atoms with Crippen LogP contribution in [0.25, 0.3) is 54.2 Å². The maximum Gasteiger partial charge on any atom is 0.346 e. The Morgan fingerprint density at radius 1 is 0.806 bits per heavy atom. The third-order valence-electron chi connectivity index (χ3n) is 5.72. The maximum atomic E-state index is 13.3. The summed E-state index contributed by atoms with van der Waals surface area (Å²) in [6.07, 6.45) is 1.30. The lowest BCUT2D eigenvalue weighted by Crippen LogP contribution is -2.06. The molecule has 6 rings (SSSR count). The number of rotatable bonds is 4. The van der Waals surface area contributed by atoms with Gasteiger partial charge in [0.1, 0.15) is 22.4 Å². The number of benzene rings is 3. The predicted molar refractivity (Wildman–Crippen MR) is 135 cm³/mol. The second-order valence-electron chi connectivity index (χ2n) is 7.86. The van der Waals surface area contributed by atoms with Crippen molar-refractivity contribution < 1.29 is 13.8 Å². The molecule has 36 heavy (non-hydrogen) atoms. The molecule has 0 radical (unpaired) electrons. The van der Waals surface area contributed by atoms with Crippen LogP contribution in [0.3, 0.4) is 0 Å². The summed E-state index contributed by atoms with van der Waals surface area (Å²) in [4.78, 5) is 36.4. The summed E-state index contributed by atoms with van der Waals surface area (Å²) in [6.45, 7) is 0. The second kappa shape index (κ2) is 8.36. The van der Waals surface area contributed by atoms with Gasteiger partial charge in [-0.05, 0) is 35.9 Å². The lowest BCUT2D eigenvalue weighted by Gasteiger charge is -2.06. The first-order valence-corrected chi connectivity index (χ1v) is 11.5. The Morgan fingerprint density at radius 3 is 2.31 bits per heavy atom. The molecule has 9 nitrogen and oxygen atoms in total. The van der Waals surface area contributed by atoms with E-state index >= 15 is 0 Å². The molecule has 6 aromatic rings. The fraction of sp³-hybridized carbons (Fsp3) is 0. The van der Waals surface area contributed by atoms with Crippen LogP contribution in [0.4, 0.5) is 5.69 Å². The van der Waals surface area contributed by atoms with E-state index in [4.69, 9.17) is 8.83 Å². The Labute approximate surface area is 205 Å². The standard InChI is InChI=1S/C26H13N3O6S/c30-22-17-10-11-21-18(23(17)34-13-20(22)14-6-8-16(9-7-14)29(32)33)12-19(26(31)35-21)25-28-27-24(36-25)15-4-2-1-3-5-15/h1-13H. The number of non-ortho nitro benzene ring substituents is 1. The third-order valence-corrected chi connectivity index (χ3v) is 6.72. The molecule has 0 atom stereocenters. The molecule has 10 heteroatoms. The van der Waals surface area contributed by atoms with Gasteiger partial charge in [-0.25, -0.2) is 4.79 Å². The summed E-state index contributed by atoms with van der Waals surface area (Å²) < 4.78 is 11.4. The van der Waals surface area contributed by atoms with Crippen molar-refractivity contribution >= 4 is 39.0 Å². The van der Waals surface area contributed by atoms with Gasteiger partial charge in [0.2, 0.25) is 5.43 Å². The largest absolute Gasteiger partial charge is 0.463 e. The SMILES string of the molecule is O=c1oc2ccc3c(=O)c(-c4ccc([N+](=O)[O-])cc4)coc3c2cc1-c1nnc(-c2ccccc2)s1. The van der Waals surface area contributed by atoms with Gasteiger partial charge in [0.15, 0.2) is 5.01 Å². The van der Waals surface area contributed by atoms with E-state index in [1.807, 2.05) is 30.3 Å². The fourth-order valence-electron chi connectivity index (χ4n) is 3.93. The van der Waals surface area contributed by atoms with Gasteiger partial charge in [0, 0.05) is 17.7 Å². The summed E-state index contributed by atoms with van der Waals surface area (Å²) in [5.74, 6) is 0. The zero-order valence-electron chi connectivity index (χ0n) is 18.2. The first kappa shape index (κ1) is 21.6. The van der Waals surface area contributed by atoms with Crippen LogP contribution in [0, 0.1) is 10.1 Å². The molecule has 0 saturated carbocycles. The summed E-state index contributed by atoms with van der Waals surface area (Å²) in [5.41, 5.74) is 1.36. The average molecular weight is 495 g/mol. The van der Waals surface area contributed by atoms with Crippen LogP contribution >= 0.6 is 11.3 Å². The minimum atomic E-state index is -0.581. The van der Waals surface area contributed by atoms with Crippen LogP contribution in [-0.2, 0) is 0 Å². The summed E-state index contributed by atoms with van der Waals surface area (Å²) in [5, 5.41) is 21.0. The number of aromatic nitrogens is 2. The van der Waals surface area contributed by atoms with E-state index < -0.39 is 10.5 Å². The third kappa shape index (κ3) is 3.56. The minimum absolute atomic E-state index is 0.0791. The summed E-state index contributed by atoms with van der Waals surface area (Å²) >= 11 is 1.25. The van der Waals surface area contributed by atoms with Crippen molar-refractivity contribution in [2.24, 2.45) is 0 Å². The van der Waals surface area contributed by atoms with E-state index in [0.717, 1.165) is 5.56 Å². The average Bonchev–Trinajstić information content (AvgIpc) is 3.39. The highest BCUT2D eigenvalue weighted by atomic mass is 32.1. The van der Waals surface area contributed by atoms with E-state index in [1.54, 1.807) is 6.07 Å². The molecule has 3 heterocycles. The van der Waals surface area contributed by atoms with E-state index in [2.05, 4.69) is 10.2 Å². The van der Waals surface area contributed by atoms with E-state index in [1.165, 1.54) is 54.0 Å². The van der Waals surface area contributed by atoms with Gasteiger partial charge in [-0.15, -0.1) is 10.2 Å². The van der Waals surface area contributed by atoms with Crippen LogP contribution in [0.15, 0.2) is 97.5 Å². The molecule has 0 fully saturated rings. The Morgan fingerprint density at radius 2 is 1.56 bits per heavy atom. The van der Waals surface area contributed by atoms with Crippen LogP contribution in [-0.4, -0.2) is 15.1 Å². The highest BCUT2D eigenvalue weighted by Gasteiger charge is 2.18. The van der Waals surface area contributed by atoms with Crippen molar-refractivity contribution in [2.45, 2.75) is 0 Å². The van der Waals surface area contributed by atoms with Crippen molar-refractivity contribution in [2.75, 3.05) is 0 Å². The van der Waals surface area contributed by atoms with Gasteiger partial charge < -0.3 is 8.83 Å². The predicted octanol–water partition coefficient (Wildman–Crippen LogP) is 5.66. The lowest BCUT2D eigenvalue weighted by molar-refractivity contribution is -0.384. The lowest BCUT2D eigenvalue weighted by atomic mass is 10.0. The number of fused-ring (bicyclic) bond motifs is 3. The van der Waals surface area contributed by atoms with Gasteiger partial charge >= 0.3 is 5.63 Å².